The minimum atomic E-state index is -4.37. The van der Waals surface area contributed by atoms with Crippen molar-refractivity contribution in [2.45, 2.75) is 38.5 Å². The molecule has 3 rings (SSSR count). The summed E-state index contributed by atoms with van der Waals surface area (Å²) in [6, 6.07) is 3.55. The van der Waals surface area contributed by atoms with Gasteiger partial charge in [0.25, 0.3) is 0 Å². The maximum Gasteiger partial charge on any atom is 0.433 e. The maximum atomic E-state index is 12.5. The van der Waals surface area contributed by atoms with E-state index in [1.807, 2.05) is 0 Å². The topological polar surface area (TPSA) is 16.1 Å². The quantitative estimate of drug-likeness (QED) is 0.824. The Morgan fingerprint density at radius 2 is 2.05 bits per heavy atom. The first-order chi connectivity index (χ1) is 9.36. The molecule has 1 aliphatic carbocycles. The van der Waals surface area contributed by atoms with E-state index in [2.05, 4.69) is 29.8 Å². The van der Waals surface area contributed by atoms with Gasteiger partial charge in [-0.15, -0.1) is 0 Å². The molecule has 2 bridgehead atoms. The molecule has 1 aromatic rings. The van der Waals surface area contributed by atoms with E-state index in [1.54, 1.807) is 6.07 Å². The molecule has 2 unspecified atom stereocenters. The van der Waals surface area contributed by atoms with Gasteiger partial charge in [0.15, 0.2) is 0 Å². The van der Waals surface area contributed by atoms with Crippen molar-refractivity contribution < 1.29 is 13.2 Å². The van der Waals surface area contributed by atoms with Crippen molar-refractivity contribution in [2.75, 3.05) is 6.54 Å². The molecule has 0 saturated carbocycles. The van der Waals surface area contributed by atoms with E-state index in [-0.39, 0.29) is 0 Å². The number of rotatable bonds is 2. The number of likely N-dealkylation sites (tertiary alicyclic amines) is 1. The van der Waals surface area contributed by atoms with Crippen LogP contribution in [0.4, 0.5) is 13.2 Å². The highest BCUT2D eigenvalue weighted by Crippen LogP contribution is 2.43. The third-order valence-electron chi connectivity index (χ3n) is 4.25. The second-order valence-corrected chi connectivity index (χ2v) is 5.84. The highest BCUT2D eigenvalue weighted by Gasteiger charge is 2.40. The molecular weight excluding hydrogens is 265 g/mol. The summed E-state index contributed by atoms with van der Waals surface area (Å²) in [5.41, 5.74) is 1.16. The third kappa shape index (κ3) is 2.24. The second-order valence-electron chi connectivity index (χ2n) is 5.84. The number of alkyl halides is 3. The number of aromatic nitrogens is 1. The summed E-state index contributed by atoms with van der Waals surface area (Å²) in [5, 5.41) is 0. The highest BCUT2D eigenvalue weighted by atomic mass is 19.4. The first-order valence-corrected chi connectivity index (χ1v) is 6.87. The minimum Gasteiger partial charge on any atom is -0.294 e. The van der Waals surface area contributed by atoms with Crippen molar-refractivity contribution in [3.05, 3.63) is 35.7 Å². The van der Waals surface area contributed by atoms with Crippen LogP contribution in [-0.4, -0.2) is 28.5 Å². The smallest absolute Gasteiger partial charge is 0.294 e. The van der Waals surface area contributed by atoms with Gasteiger partial charge in [-0.2, -0.15) is 13.2 Å². The van der Waals surface area contributed by atoms with E-state index in [0.29, 0.717) is 18.0 Å². The molecule has 2 aliphatic rings. The van der Waals surface area contributed by atoms with E-state index >= 15 is 0 Å². The largest absolute Gasteiger partial charge is 0.433 e. The first-order valence-electron chi connectivity index (χ1n) is 6.87. The molecule has 1 aliphatic heterocycles. The summed E-state index contributed by atoms with van der Waals surface area (Å²) in [7, 11) is 0. The van der Waals surface area contributed by atoms with Crippen LogP contribution in [0.25, 0.3) is 5.57 Å². The van der Waals surface area contributed by atoms with Crippen LogP contribution < -0.4 is 0 Å². The Labute approximate surface area is 116 Å². The van der Waals surface area contributed by atoms with Crippen LogP contribution in [0.3, 0.4) is 0 Å². The molecule has 0 spiro atoms. The third-order valence-corrected chi connectivity index (χ3v) is 4.25. The molecule has 108 valence electrons. The number of pyridine rings is 1. The van der Waals surface area contributed by atoms with Crippen molar-refractivity contribution in [1.82, 2.24) is 9.88 Å². The molecule has 5 heteroatoms. The molecule has 0 radical (unpaired) electrons. The predicted molar refractivity (Wildman–Crippen MR) is 71.0 cm³/mol. The molecule has 20 heavy (non-hydrogen) atoms. The fourth-order valence-corrected chi connectivity index (χ4v) is 3.28. The maximum absolute atomic E-state index is 12.5. The Hall–Kier alpha value is -1.36. The van der Waals surface area contributed by atoms with E-state index in [9.17, 15) is 13.2 Å². The Bertz CT molecular complexity index is 531. The summed E-state index contributed by atoms with van der Waals surface area (Å²) < 4.78 is 37.5. The standard InChI is InChI=1S/C15H17F3N2/c1-9(2)20-8-11-5-12(20)6-13(11)10-3-4-14(19-7-10)15(16,17)18/h3-4,6-7,9,11-12H,5,8H2,1-2H3. The monoisotopic (exact) mass is 282 g/mol. The average molecular weight is 282 g/mol. The molecule has 0 aromatic carbocycles. The van der Waals surface area contributed by atoms with Crippen molar-refractivity contribution in [1.29, 1.82) is 0 Å². The zero-order valence-electron chi connectivity index (χ0n) is 11.5. The summed E-state index contributed by atoms with van der Waals surface area (Å²) in [4.78, 5) is 5.99. The molecule has 2 nitrogen and oxygen atoms in total. The van der Waals surface area contributed by atoms with Crippen molar-refractivity contribution in [3.63, 3.8) is 0 Å². The lowest BCUT2D eigenvalue weighted by Crippen LogP contribution is -2.36. The molecule has 2 heterocycles. The number of fused-ring (bicyclic) bond motifs is 2. The van der Waals surface area contributed by atoms with Gasteiger partial charge in [0.1, 0.15) is 5.69 Å². The molecule has 2 atom stereocenters. The summed E-state index contributed by atoms with van der Waals surface area (Å²) in [5.74, 6) is 0.431. The summed E-state index contributed by atoms with van der Waals surface area (Å²) in [6.07, 6.45) is 0.262. The van der Waals surface area contributed by atoms with Crippen molar-refractivity contribution in [2.24, 2.45) is 5.92 Å². The fraction of sp³-hybridized carbons (Fsp3) is 0.533. The van der Waals surface area contributed by atoms with Gasteiger partial charge in [-0.05, 0) is 43.4 Å². The number of hydrogen-bond donors (Lipinski definition) is 0. The zero-order chi connectivity index (χ0) is 14.5. The Kier molecular flexibility index (Phi) is 3.12. The minimum absolute atomic E-state index is 0.428. The van der Waals surface area contributed by atoms with Gasteiger partial charge in [0.05, 0.1) is 0 Å². The second kappa shape index (κ2) is 4.58. The highest BCUT2D eigenvalue weighted by molar-refractivity contribution is 5.71. The SMILES string of the molecule is CC(C)N1CC2CC1C=C2c1ccc(C(F)(F)F)nc1. The van der Waals surface area contributed by atoms with Gasteiger partial charge in [0, 0.05) is 24.8 Å². The van der Waals surface area contributed by atoms with Crippen LogP contribution >= 0.6 is 0 Å². The zero-order valence-corrected chi connectivity index (χ0v) is 11.5. The molecule has 1 saturated heterocycles. The summed E-state index contributed by atoms with van der Waals surface area (Å²) in [6.45, 7) is 5.34. The molecule has 1 fully saturated rings. The van der Waals surface area contributed by atoms with Crippen LogP contribution in [0.15, 0.2) is 24.4 Å². The molecule has 1 aromatic heterocycles. The van der Waals surface area contributed by atoms with Crippen LogP contribution in [-0.2, 0) is 6.18 Å². The van der Waals surface area contributed by atoms with Gasteiger partial charge >= 0.3 is 6.18 Å². The van der Waals surface area contributed by atoms with Crippen LogP contribution in [0.1, 0.15) is 31.5 Å². The van der Waals surface area contributed by atoms with Gasteiger partial charge in [-0.25, -0.2) is 0 Å². The Morgan fingerprint density at radius 1 is 1.30 bits per heavy atom. The predicted octanol–water partition coefficient (Wildman–Crippen LogP) is 3.60. The van der Waals surface area contributed by atoms with Crippen LogP contribution in [0.5, 0.6) is 0 Å². The van der Waals surface area contributed by atoms with Gasteiger partial charge in [0.2, 0.25) is 0 Å². The lowest BCUT2D eigenvalue weighted by Gasteiger charge is -2.29. The van der Waals surface area contributed by atoms with E-state index in [4.69, 9.17) is 0 Å². The van der Waals surface area contributed by atoms with E-state index < -0.39 is 11.9 Å². The van der Waals surface area contributed by atoms with Crippen molar-refractivity contribution in [3.8, 4) is 0 Å². The number of hydrogen-bond acceptors (Lipinski definition) is 2. The van der Waals surface area contributed by atoms with Gasteiger partial charge in [-0.1, -0.05) is 12.1 Å². The molecule has 0 amide bonds. The van der Waals surface area contributed by atoms with Gasteiger partial charge < -0.3 is 0 Å². The lowest BCUT2D eigenvalue weighted by atomic mass is 9.96. The number of nitrogens with zero attached hydrogens (tertiary/aromatic N) is 2. The molecular formula is C15H17F3N2. The first kappa shape index (κ1) is 13.6. The van der Waals surface area contributed by atoms with Crippen LogP contribution in [0, 0.1) is 5.92 Å². The Balaban J connectivity index is 1.82. The molecule has 0 N–H and O–H groups in total. The average Bonchev–Trinajstić information content (AvgIpc) is 2.97. The number of halogens is 3. The van der Waals surface area contributed by atoms with Crippen molar-refractivity contribution >= 4 is 5.57 Å². The normalized spacial score (nSPS) is 26.4. The van der Waals surface area contributed by atoms with Crippen LogP contribution in [0.2, 0.25) is 0 Å². The fourth-order valence-electron chi connectivity index (χ4n) is 3.28. The van der Waals surface area contributed by atoms with E-state index in [0.717, 1.165) is 30.2 Å². The Morgan fingerprint density at radius 3 is 2.50 bits per heavy atom. The van der Waals surface area contributed by atoms with E-state index in [1.165, 1.54) is 6.20 Å². The summed E-state index contributed by atoms with van der Waals surface area (Å²) >= 11 is 0. The lowest BCUT2D eigenvalue weighted by molar-refractivity contribution is -0.141. The van der Waals surface area contributed by atoms with Gasteiger partial charge in [-0.3, -0.25) is 9.88 Å².